The second-order valence-electron chi connectivity index (χ2n) is 12.8. The monoisotopic (exact) mass is 575 g/mol. The molecule has 1 saturated heterocycles. The average Bonchev–Trinajstić information content (AvgIpc) is 3.52. The van der Waals surface area contributed by atoms with Crippen LogP contribution in [0.3, 0.4) is 0 Å². The van der Waals surface area contributed by atoms with Gasteiger partial charge in [0, 0.05) is 43.5 Å². The molecule has 1 saturated carbocycles. The van der Waals surface area contributed by atoms with Crippen molar-refractivity contribution in [3.05, 3.63) is 71.4 Å². The van der Waals surface area contributed by atoms with Gasteiger partial charge in [-0.3, -0.25) is 4.90 Å². The highest BCUT2D eigenvalue weighted by Gasteiger charge is 2.43. The van der Waals surface area contributed by atoms with Gasteiger partial charge in [0.2, 0.25) is 0 Å². The van der Waals surface area contributed by atoms with Crippen molar-refractivity contribution >= 4 is 5.82 Å². The molecule has 4 heterocycles. The standard InChI is InChI=1S/C34H49N3O3.C2H4/c1-24-22-40-34(17-8-19-38-23-34)31-12-6-11-30(32(24)31)25(2)37(3)28-15-16-29(21-28)39-20-5-4-10-27-14-13-26-9-7-18-35-33(26)36-27;1-2/h6,11-14,24-25,28-29H,4-5,7-10,15-23H2,1-3H3,(H,35,36);1-2H2/t24?,25?,28-,29?,34?;/m0./s1. The molecule has 6 rings (SSSR count). The van der Waals surface area contributed by atoms with E-state index in [9.17, 15) is 0 Å². The number of rotatable bonds is 9. The quantitative estimate of drug-likeness (QED) is 0.250. The van der Waals surface area contributed by atoms with Gasteiger partial charge in [0.15, 0.2) is 0 Å². The molecule has 1 spiro atoms. The Bertz CT molecular complexity index is 1160. The van der Waals surface area contributed by atoms with E-state index in [0.717, 1.165) is 83.5 Å². The van der Waals surface area contributed by atoms with Crippen LogP contribution in [0.2, 0.25) is 0 Å². The van der Waals surface area contributed by atoms with Crippen LogP contribution < -0.4 is 5.32 Å². The number of nitrogens with zero attached hydrogens (tertiary/aromatic N) is 2. The lowest BCUT2D eigenvalue weighted by Crippen LogP contribution is -2.44. The summed E-state index contributed by atoms with van der Waals surface area (Å²) in [5.74, 6) is 1.51. The summed E-state index contributed by atoms with van der Waals surface area (Å²) >= 11 is 0. The molecule has 6 nitrogen and oxygen atoms in total. The van der Waals surface area contributed by atoms with E-state index < -0.39 is 0 Å². The van der Waals surface area contributed by atoms with Gasteiger partial charge in [0.05, 0.1) is 19.3 Å². The van der Waals surface area contributed by atoms with E-state index in [1.54, 1.807) is 0 Å². The van der Waals surface area contributed by atoms with Gasteiger partial charge in [-0.15, -0.1) is 13.2 Å². The predicted molar refractivity (Wildman–Crippen MR) is 171 cm³/mol. The molecule has 1 aromatic carbocycles. The second-order valence-corrected chi connectivity index (χ2v) is 12.8. The van der Waals surface area contributed by atoms with Crippen molar-refractivity contribution in [1.82, 2.24) is 9.88 Å². The number of fused-ring (bicyclic) bond motifs is 3. The number of hydrogen-bond acceptors (Lipinski definition) is 6. The van der Waals surface area contributed by atoms with E-state index >= 15 is 0 Å². The van der Waals surface area contributed by atoms with Crippen LogP contribution in [0.1, 0.15) is 105 Å². The third-order valence-electron chi connectivity index (χ3n) is 10.1. The van der Waals surface area contributed by atoms with Crippen LogP contribution in [0.15, 0.2) is 43.5 Å². The van der Waals surface area contributed by atoms with Gasteiger partial charge >= 0.3 is 0 Å². The van der Waals surface area contributed by atoms with Gasteiger partial charge in [0.1, 0.15) is 11.4 Å². The SMILES string of the molecule is C=C.CC1COC2(CCCOC2)c2cccc(C(C)N(C)[C@H]3CCC(OCCCCc4ccc5c(n4)NCCC5)C3)c21. The molecule has 1 N–H and O–H groups in total. The highest BCUT2D eigenvalue weighted by Crippen LogP contribution is 2.46. The van der Waals surface area contributed by atoms with E-state index in [0.29, 0.717) is 30.7 Å². The minimum absolute atomic E-state index is 0.256. The zero-order valence-electron chi connectivity index (χ0n) is 26.3. The van der Waals surface area contributed by atoms with Crippen LogP contribution in [-0.2, 0) is 32.7 Å². The van der Waals surface area contributed by atoms with E-state index in [-0.39, 0.29) is 5.60 Å². The van der Waals surface area contributed by atoms with Gasteiger partial charge in [-0.2, -0.15) is 0 Å². The largest absolute Gasteiger partial charge is 0.378 e. The number of ether oxygens (including phenoxy) is 3. The van der Waals surface area contributed by atoms with Crippen LogP contribution in [-0.4, -0.2) is 62.0 Å². The lowest BCUT2D eigenvalue weighted by molar-refractivity contribution is -0.145. The van der Waals surface area contributed by atoms with Crippen LogP contribution in [0, 0.1) is 0 Å². The Labute approximate surface area is 254 Å². The average molecular weight is 576 g/mol. The first-order valence-electron chi connectivity index (χ1n) is 16.5. The number of hydrogen-bond donors (Lipinski definition) is 1. The number of aromatic nitrogens is 1. The minimum Gasteiger partial charge on any atom is -0.378 e. The molecule has 2 aromatic rings. The van der Waals surface area contributed by atoms with Gasteiger partial charge in [0.25, 0.3) is 0 Å². The fourth-order valence-corrected chi connectivity index (χ4v) is 7.58. The molecular formula is C36H53N3O3. The van der Waals surface area contributed by atoms with Crippen LogP contribution in [0.25, 0.3) is 0 Å². The third kappa shape index (κ3) is 6.77. The number of aryl methyl sites for hydroxylation is 2. The maximum absolute atomic E-state index is 6.49. The second kappa shape index (κ2) is 14.5. The molecular weight excluding hydrogens is 522 g/mol. The van der Waals surface area contributed by atoms with Gasteiger partial charge in [-0.1, -0.05) is 31.2 Å². The summed E-state index contributed by atoms with van der Waals surface area (Å²) in [7, 11) is 2.32. The molecule has 4 unspecified atom stereocenters. The van der Waals surface area contributed by atoms with Crippen LogP contribution in [0.4, 0.5) is 5.82 Å². The first kappa shape index (κ1) is 31.2. The maximum Gasteiger partial charge on any atom is 0.129 e. The molecule has 4 aliphatic rings. The molecule has 1 aliphatic carbocycles. The summed E-state index contributed by atoms with van der Waals surface area (Å²) in [5, 5.41) is 3.45. The fraction of sp³-hybridized carbons (Fsp3) is 0.639. The Morgan fingerprint density at radius 1 is 1.17 bits per heavy atom. The summed E-state index contributed by atoms with van der Waals surface area (Å²) in [4.78, 5) is 7.46. The lowest BCUT2D eigenvalue weighted by atomic mass is 9.76. The van der Waals surface area contributed by atoms with Gasteiger partial charge in [-0.05, 0) is 106 Å². The van der Waals surface area contributed by atoms with E-state index in [1.165, 1.54) is 40.8 Å². The highest BCUT2D eigenvalue weighted by molar-refractivity contribution is 5.47. The molecule has 0 amide bonds. The predicted octanol–water partition coefficient (Wildman–Crippen LogP) is 7.33. The molecule has 5 atom stereocenters. The molecule has 0 bridgehead atoms. The van der Waals surface area contributed by atoms with Gasteiger partial charge in [-0.25, -0.2) is 4.98 Å². The number of pyridine rings is 1. The molecule has 6 heteroatoms. The summed E-state index contributed by atoms with van der Waals surface area (Å²) in [6.45, 7) is 14.9. The Morgan fingerprint density at radius 2 is 2.05 bits per heavy atom. The van der Waals surface area contributed by atoms with E-state index in [1.807, 2.05) is 0 Å². The van der Waals surface area contributed by atoms with Crippen molar-refractivity contribution in [3.63, 3.8) is 0 Å². The Kier molecular flexibility index (Phi) is 10.8. The van der Waals surface area contributed by atoms with Crippen molar-refractivity contribution in [2.75, 3.05) is 45.3 Å². The van der Waals surface area contributed by atoms with Crippen molar-refractivity contribution in [2.24, 2.45) is 0 Å². The molecule has 42 heavy (non-hydrogen) atoms. The maximum atomic E-state index is 6.49. The van der Waals surface area contributed by atoms with Gasteiger partial charge < -0.3 is 19.5 Å². The Morgan fingerprint density at radius 3 is 2.88 bits per heavy atom. The number of benzene rings is 1. The smallest absolute Gasteiger partial charge is 0.129 e. The topological polar surface area (TPSA) is 55.9 Å². The lowest BCUT2D eigenvalue weighted by Gasteiger charge is -2.45. The fourth-order valence-electron chi connectivity index (χ4n) is 7.58. The van der Waals surface area contributed by atoms with E-state index in [4.69, 9.17) is 19.2 Å². The van der Waals surface area contributed by atoms with Crippen molar-refractivity contribution in [3.8, 4) is 0 Å². The number of nitrogens with one attached hydrogen (secondary N) is 1. The first-order chi connectivity index (χ1) is 20.5. The summed E-state index contributed by atoms with van der Waals surface area (Å²) in [5.41, 5.74) is 6.67. The molecule has 3 aliphatic heterocycles. The normalized spacial score (nSPS) is 27.5. The Hall–Kier alpha value is -2.25. The number of unbranched alkanes of at least 4 members (excludes halogenated alkanes) is 1. The zero-order chi connectivity index (χ0) is 29.5. The van der Waals surface area contributed by atoms with E-state index in [2.05, 4.69) is 74.6 Å². The van der Waals surface area contributed by atoms with Crippen LogP contribution >= 0.6 is 0 Å². The van der Waals surface area contributed by atoms with Crippen molar-refractivity contribution in [2.45, 2.75) is 108 Å². The molecule has 230 valence electrons. The zero-order valence-corrected chi connectivity index (χ0v) is 26.3. The molecule has 2 fully saturated rings. The van der Waals surface area contributed by atoms with Crippen LogP contribution in [0.5, 0.6) is 0 Å². The van der Waals surface area contributed by atoms with Crippen molar-refractivity contribution in [1.29, 1.82) is 0 Å². The van der Waals surface area contributed by atoms with Crippen molar-refractivity contribution < 1.29 is 14.2 Å². The first-order valence-corrected chi connectivity index (χ1v) is 16.5. The third-order valence-corrected chi connectivity index (χ3v) is 10.1. The summed E-state index contributed by atoms with van der Waals surface area (Å²) in [6, 6.07) is 12.3. The number of anilines is 1. The summed E-state index contributed by atoms with van der Waals surface area (Å²) in [6.07, 6.45) is 11.6. The molecule has 1 aromatic heterocycles. The highest BCUT2D eigenvalue weighted by atomic mass is 16.5. The molecule has 0 radical (unpaired) electrons. The Balaban J connectivity index is 0.00000173. The minimum atomic E-state index is -0.256. The summed E-state index contributed by atoms with van der Waals surface area (Å²) < 4.78 is 18.8.